The topological polar surface area (TPSA) is 72.0 Å². The summed E-state index contributed by atoms with van der Waals surface area (Å²) < 4.78 is 10.8. The van der Waals surface area contributed by atoms with Crippen molar-refractivity contribution in [3.8, 4) is 5.88 Å². The number of amides is 2. The minimum atomic E-state index is -0.241. The maximum atomic E-state index is 12.9. The van der Waals surface area contributed by atoms with Crippen molar-refractivity contribution < 1.29 is 19.1 Å². The van der Waals surface area contributed by atoms with E-state index in [1.807, 2.05) is 17.0 Å². The molecule has 156 valence electrons. The number of benzene rings is 1. The van der Waals surface area contributed by atoms with Crippen LogP contribution in [0.5, 0.6) is 5.88 Å². The van der Waals surface area contributed by atoms with Gasteiger partial charge in [0.2, 0.25) is 5.88 Å². The van der Waals surface area contributed by atoms with Crippen LogP contribution >= 0.6 is 11.6 Å². The van der Waals surface area contributed by atoms with Crippen molar-refractivity contribution >= 4 is 23.6 Å². The largest absolute Gasteiger partial charge is 0.481 e. The standard InChI is InChI=1S/C22H22ClN3O4/c1-29-19-12-14(11-18(23)24-19)21(27)25-8-6-15(7-9-25)26-20-16-5-3-2-4-13(16)10-17(20)30-22(26)28/h2-5,11-12,15,17,20H,6-10H2,1H3/t17-,20+/m1/s1. The van der Waals surface area contributed by atoms with Crippen molar-refractivity contribution in [3.05, 3.63) is 58.2 Å². The molecule has 0 unspecified atom stereocenters. The fourth-order valence-corrected chi connectivity index (χ4v) is 5.08. The van der Waals surface area contributed by atoms with E-state index in [1.54, 1.807) is 17.0 Å². The SMILES string of the molecule is COc1cc(C(=O)N2CCC(N3C(=O)O[C@@H]4Cc5ccccc5[C@@H]43)CC2)cc(Cl)n1. The van der Waals surface area contributed by atoms with Gasteiger partial charge in [0.25, 0.3) is 5.91 Å². The van der Waals surface area contributed by atoms with E-state index < -0.39 is 0 Å². The molecule has 2 saturated heterocycles. The predicted octanol–water partition coefficient (Wildman–Crippen LogP) is 3.47. The smallest absolute Gasteiger partial charge is 0.411 e. The minimum Gasteiger partial charge on any atom is -0.481 e. The summed E-state index contributed by atoms with van der Waals surface area (Å²) >= 11 is 6.01. The number of piperidine rings is 1. The summed E-state index contributed by atoms with van der Waals surface area (Å²) in [5.41, 5.74) is 2.89. The average molecular weight is 428 g/mol. The van der Waals surface area contributed by atoms with Gasteiger partial charge in [-0.3, -0.25) is 9.69 Å². The highest BCUT2D eigenvalue weighted by molar-refractivity contribution is 6.29. The molecule has 2 fully saturated rings. The van der Waals surface area contributed by atoms with Gasteiger partial charge < -0.3 is 14.4 Å². The Labute approximate surface area is 179 Å². The number of carbonyl (C=O) groups excluding carboxylic acids is 2. The summed E-state index contributed by atoms with van der Waals surface area (Å²) in [5.74, 6) is 0.204. The molecule has 0 N–H and O–H groups in total. The molecule has 0 spiro atoms. The number of rotatable bonds is 3. The van der Waals surface area contributed by atoms with Gasteiger partial charge in [0.1, 0.15) is 11.3 Å². The number of pyridine rings is 1. The second kappa shape index (κ2) is 7.47. The highest BCUT2D eigenvalue weighted by atomic mass is 35.5. The highest BCUT2D eigenvalue weighted by Gasteiger charge is 2.50. The third kappa shape index (κ3) is 3.17. The third-order valence-corrected chi connectivity index (χ3v) is 6.48. The molecule has 8 heteroatoms. The van der Waals surface area contributed by atoms with Crippen molar-refractivity contribution in [1.29, 1.82) is 0 Å². The van der Waals surface area contributed by atoms with Crippen LogP contribution in [0.4, 0.5) is 4.79 Å². The molecule has 30 heavy (non-hydrogen) atoms. The second-order valence-corrected chi connectivity index (χ2v) is 8.31. The number of nitrogens with zero attached hydrogens (tertiary/aromatic N) is 3. The lowest BCUT2D eigenvalue weighted by Gasteiger charge is -2.38. The van der Waals surface area contributed by atoms with E-state index in [1.165, 1.54) is 18.2 Å². The quantitative estimate of drug-likeness (QED) is 0.701. The third-order valence-electron chi connectivity index (χ3n) is 6.28. The van der Waals surface area contributed by atoms with Crippen molar-refractivity contribution in [2.75, 3.05) is 20.2 Å². The summed E-state index contributed by atoms with van der Waals surface area (Å²) in [6.07, 6.45) is 1.84. The van der Waals surface area contributed by atoms with E-state index in [4.69, 9.17) is 21.1 Å². The fraction of sp³-hybridized carbons (Fsp3) is 0.409. The summed E-state index contributed by atoms with van der Waals surface area (Å²) in [6, 6.07) is 11.4. The zero-order valence-electron chi connectivity index (χ0n) is 16.6. The average Bonchev–Trinajstić information content (AvgIpc) is 3.27. The van der Waals surface area contributed by atoms with E-state index in [-0.39, 0.29) is 35.3 Å². The maximum Gasteiger partial charge on any atom is 0.411 e. The molecular weight excluding hydrogens is 406 g/mol. The van der Waals surface area contributed by atoms with E-state index in [2.05, 4.69) is 17.1 Å². The summed E-state index contributed by atoms with van der Waals surface area (Å²) in [5, 5.41) is 0.221. The number of fused-ring (bicyclic) bond motifs is 3. The van der Waals surface area contributed by atoms with Crippen molar-refractivity contribution in [3.63, 3.8) is 0 Å². The van der Waals surface area contributed by atoms with Gasteiger partial charge in [-0.1, -0.05) is 35.9 Å². The molecule has 5 rings (SSSR count). The number of likely N-dealkylation sites (tertiary alicyclic amines) is 1. The first-order chi connectivity index (χ1) is 14.5. The molecule has 0 bridgehead atoms. The first kappa shape index (κ1) is 19.2. The lowest BCUT2D eigenvalue weighted by molar-refractivity contribution is 0.0635. The summed E-state index contributed by atoms with van der Waals surface area (Å²) in [7, 11) is 1.49. The minimum absolute atomic E-state index is 0.0239. The Hall–Kier alpha value is -2.80. The molecule has 2 aromatic rings. The first-order valence-electron chi connectivity index (χ1n) is 10.1. The van der Waals surface area contributed by atoms with Crippen LogP contribution in [0.3, 0.4) is 0 Å². The zero-order chi connectivity index (χ0) is 20.8. The number of hydrogen-bond acceptors (Lipinski definition) is 5. The van der Waals surface area contributed by atoms with Crippen LogP contribution in [0.25, 0.3) is 0 Å². The van der Waals surface area contributed by atoms with Crippen molar-refractivity contribution in [2.24, 2.45) is 0 Å². The molecule has 2 atom stereocenters. The molecule has 2 amide bonds. The van der Waals surface area contributed by atoms with Crippen molar-refractivity contribution in [1.82, 2.24) is 14.8 Å². The van der Waals surface area contributed by atoms with Gasteiger partial charge in [-0.05, 0) is 30.0 Å². The van der Waals surface area contributed by atoms with E-state index in [0.29, 0.717) is 37.4 Å². The Morgan fingerprint density at radius 3 is 2.77 bits per heavy atom. The Balaban J connectivity index is 1.30. The zero-order valence-corrected chi connectivity index (χ0v) is 17.3. The number of ether oxygens (including phenoxy) is 2. The van der Waals surface area contributed by atoms with Crippen LogP contribution in [0, 0.1) is 0 Å². The molecule has 1 aromatic heterocycles. The molecule has 1 aliphatic carbocycles. The van der Waals surface area contributed by atoms with Gasteiger partial charge in [-0.2, -0.15) is 0 Å². The fourth-order valence-electron chi connectivity index (χ4n) is 4.88. The lowest BCUT2D eigenvalue weighted by Crippen LogP contribution is -2.47. The molecule has 2 aliphatic heterocycles. The highest BCUT2D eigenvalue weighted by Crippen LogP contribution is 2.44. The molecule has 3 heterocycles. The number of carbonyl (C=O) groups is 2. The predicted molar refractivity (Wildman–Crippen MR) is 110 cm³/mol. The van der Waals surface area contributed by atoms with Crippen LogP contribution in [0.2, 0.25) is 5.15 Å². The second-order valence-electron chi connectivity index (χ2n) is 7.92. The number of hydrogen-bond donors (Lipinski definition) is 0. The summed E-state index contributed by atoms with van der Waals surface area (Å²) in [4.78, 5) is 33.3. The number of aromatic nitrogens is 1. The number of halogens is 1. The van der Waals surface area contributed by atoms with Gasteiger partial charge in [-0.15, -0.1) is 0 Å². The Morgan fingerprint density at radius 2 is 2.00 bits per heavy atom. The Bertz CT molecular complexity index is 1010. The van der Waals surface area contributed by atoms with E-state index >= 15 is 0 Å². The monoisotopic (exact) mass is 427 g/mol. The van der Waals surface area contributed by atoms with Crippen LogP contribution in [-0.4, -0.2) is 59.1 Å². The number of methoxy groups -OCH3 is 1. The van der Waals surface area contributed by atoms with Gasteiger partial charge >= 0.3 is 6.09 Å². The van der Waals surface area contributed by atoms with E-state index in [0.717, 1.165) is 6.42 Å². The van der Waals surface area contributed by atoms with Crippen LogP contribution in [-0.2, 0) is 11.2 Å². The van der Waals surface area contributed by atoms with Gasteiger partial charge in [0, 0.05) is 37.2 Å². The summed E-state index contributed by atoms with van der Waals surface area (Å²) in [6.45, 7) is 1.13. The first-order valence-corrected chi connectivity index (χ1v) is 10.5. The normalized spacial score (nSPS) is 23.2. The van der Waals surface area contributed by atoms with Gasteiger partial charge in [-0.25, -0.2) is 9.78 Å². The molecular formula is C22H22ClN3O4. The van der Waals surface area contributed by atoms with Gasteiger partial charge in [0.05, 0.1) is 13.2 Å². The molecule has 0 saturated carbocycles. The van der Waals surface area contributed by atoms with Crippen LogP contribution < -0.4 is 4.74 Å². The Morgan fingerprint density at radius 1 is 1.23 bits per heavy atom. The molecule has 7 nitrogen and oxygen atoms in total. The molecule has 0 radical (unpaired) electrons. The maximum absolute atomic E-state index is 12.9. The van der Waals surface area contributed by atoms with Gasteiger partial charge in [0.15, 0.2) is 0 Å². The van der Waals surface area contributed by atoms with Crippen molar-refractivity contribution in [2.45, 2.75) is 37.5 Å². The Kier molecular flexibility index (Phi) is 4.77. The lowest BCUT2D eigenvalue weighted by atomic mass is 9.98. The van der Waals surface area contributed by atoms with Crippen LogP contribution in [0.15, 0.2) is 36.4 Å². The van der Waals surface area contributed by atoms with Crippen LogP contribution in [0.1, 0.15) is 40.4 Å². The molecule has 1 aromatic carbocycles. The molecule has 3 aliphatic rings. The van der Waals surface area contributed by atoms with E-state index in [9.17, 15) is 9.59 Å².